The van der Waals surface area contributed by atoms with Crippen LogP contribution in [-0.4, -0.2) is 16.9 Å². The highest BCUT2D eigenvalue weighted by atomic mass is 79.9. The maximum Gasteiger partial charge on any atom is 0.372 e. The Kier molecular flexibility index (Phi) is 3.41. The molecule has 0 aliphatic carbocycles. The predicted octanol–water partition coefficient (Wildman–Crippen LogP) is 1.95. The fourth-order valence-corrected chi connectivity index (χ4v) is 1.32. The zero-order chi connectivity index (χ0) is 10.7. The predicted molar refractivity (Wildman–Crippen MR) is 55.2 cm³/mol. The Morgan fingerprint density at radius 3 is 2.57 bits per heavy atom. The van der Waals surface area contributed by atoms with Crippen LogP contribution in [0.25, 0.3) is 0 Å². The topological polar surface area (TPSA) is 54.4 Å². The van der Waals surface area contributed by atoms with Gasteiger partial charge >= 0.3 is 5.97 Å². The summed E-state index contributed by atoms with van der Waals surface area (Å²) in [6.45, 7) is 1.89. The average molecular weight is 257 g/mol. The molecule has 0 bridgehead atoms. The lowest BCUT2D eigenvalue weighted by Crippen LogP contribution is -2.15. The number of ketones is 1. The van der Waals surface area contributed by atoms with Crippen molar-refractivity contribution in [2.45, 2.75) is 13.3 Å². The summed E-state index contributed by atoms with van der Waals surface area (Å²) in [5.74, 6) is -2.17. The van der Waals surface area contributed by atoms with Crippen LogP contribution in [-0.2, 0) is 16.0 Å². The summed E-state index contributed by atoms with van der Waals surface area (Å²) in [6.07, 6.45) is -0.0521. The van der Waals surface area contributed by atoms with Crippen molar-refractivity contribution in [3.63, 3.8) is 0 Å². The zero-order valence-corrected chi connectivity index (χ0v) is 9.17. The largest absolute Gasteiger partial charge is 0.475 e. The second kappa shape index (κ2) is 4.37. The number of carbonyl (C=O) groups is 2. The summed E-state index contributed by atoms with van der Waals surface area (Å²) in [5.41, 5.74) is 1.71. The molecule has 1 N–H and O–H groups in total. The van der Waals surface area contributed by atoms with E-state index in [-0.39, 0.29) is 6.42 Å². The monoisotopic (exact) mass is 256 g/mol. The molecule has 0 radical (unpaired) electrons. The number of hydrogen-bond acceptors (Lipinski definition) is 2. The summed E-state index contributed by atoms with van der Waals surface area (Å²) < 4.78 is 0.948. The highest BCUT2D eigenvalue weighted by Gasteiger charge is 2.12. The number of carbonyl (C=O) groups excluding carboxylic acids is 1. The summed E-state index contributed by atoms with van der Waals surface area (Å²) in [7, 11) is 0. The Hall–Kier alpha value is -1.16. The lowest BCUT2D eigenvalue weighted by atomic mass is 10.1. The van der Waals surface area contributed by atoms with Gasteiger partial charge in [0.2, 0.25) is 5.78 Å². The van der Waals surface area contributed by atoms with Crippen molar-refractivity contribution in [2.75, 3.05) is 0 Å². The Bertz CT molecular complexity index is 385. The Morgan fingerprint density at radius 1 is 1.43 bits per heavy atom. The van der Waals surface area contributed by atoms with Crippen LogP contribution in [0.15, 0.2) is 22.7 Å². The molecule has 0 aliphatic heterocycles. The van der Waals surface area contributed by atoms with Gasteiger partial charge in [0.1, 0.15) is 0 Å². The molecule has 0 heterocycles. The van der Waals surface area contributed by atoms with Crippen LogP contribution >= 0.6 is 15.9 Å². The summed E-state index contributed by atoms with van der Waals surface area (Å²) >= 11 is 3.32. The van der Waals surface area contributed by atoms with Crippen molar-refractivity contribution < 1.29 is 14.7 Å². The molecule has 0 unspecified atom stereocenters. The van der Waals surface area contributed by atoms with E-state index in [9.17, 15) is 9.59 Å². The first-order valence-corrected chi connectivity index (χ1v) is 4.81. The Morgan fingerprint density at radius 2 is 2.07 bits per heavy atom. The minimum absolute atomic E-state index is 0.0521. The molecule has 74 valence electrons. The number of aryl methyl sites for hydroxylation is 1. The molecule has 0 aliphatic rings. The van der Waals surface area contributed by atoms with Gasteiger partial charge in [-0.1, -0.05) is 28.1 Å². The molecule has 4 heteroatoms. The van der Waals surface area contributed by atoms with E-state index < -0.39 is 11.8 Å². The molecule has 1 rings (SSSR count). The minimum atomic E-state index is -1.38. The lowest BCUT2D eigenvalue weighted by Gasteiger charge is -2.01. The van der Waals surface area contributed by atoms with Gasteiger partial charge in [0, 0.05) is 10.9 Å². The van der Waals surface area contributed by atoms with Crippen molar-refractivity contribution in [2.24, 2.45) is 0 Å². The van der Waals surface area contributed by atoms with Crippen LogP contribution < -0.4 is 0 Å². The van der Waals surface area contributed by atoms with E-state index >= 15 is 0 Å². The van der Waals surface area contributed by atoms with Crippen molar-refractivity contribution in [3.05, 3.63) is 33.8 Å². The number of hydrogen-bond donors (Lipinski definition) is 1. The second-order valence-corrected chi connectivity index (χ2v) is 3.84. The van der Waals surface area contributed by atoms with Crippen molar-refractivity contribution >= 4 is 27.7 Å². The first kappa shape index (κ1) is 10.9. The van der Waals surface area contributed by atoms with Gasteiger partial charge < -0.3 is 5.11 Å². The normalized spacial score (nSPS) is 9.86. The zero-order valence-electron chi connectivity index (χ0n) is 7.58. The number of carboxylic acid groups (broad SMARTS) is 1. The van der Waals surface area contributed by atoms with E-state index in [4.69, 9.17) is 5.11 Å². The first-order chi connectivity index (χ1) is 6.50. The van der Waals surface area contributed by atoms with E-state index in [1.807, 2.05) is 6.92 Å². The van der Waals surface area contributed by atoms with E-state index in [0.29, 0.717) is 0 Å². The highest BCUT2D eigenvalue weighted by molar-refractivity contribution is 9.10. The van der Waals surface area contributed by atoms with E-state index in [1.54, 1.807) is 18.2 Å². The maximum absolute atomic E-state index is 10.9. The van der Waals surface area contributed by atoms with Crippen molar-refractivity contribution in [1.82, 2.24) is 0 Å². The van der Waals surface area contributed by atoms with E-state index in [1.165, 1.54) is 0 Å². The van der Waals surface area contributed by atoms with Crippen LogP contribution in [0.2, 0.25) is 0 Å². The van der Waals surface area contributed by atoms with Gasteiger partial charge in [-0.25, -0.2) is 4.79 Å². The number of carboxylic acids is 1. The molecule has 3 nitrogen and oxygen atoms in total. The van der Waals surface area contributed by atoms with Gasteiger partial charge in [-0.05, 0) is 24.1 Å². The van der Waals surface area contributed by atoms with Crippen molar-refractivity contribution in [1.29, 1.82) is 0 Å². The molecule has 0 aromatic heterocycles. The number of rotatable bonds is 3. The molecular weight excluding hydrogens is 248 g/mol. The lowest BCUT2D eigenvalue weighted by molar-refractivity contribution is -0.148. The standard InChI is InChI=1S/C10H9BrO3/c1-6-4-7(2-3-8(6)11)5-9(12)10(13)14/h2-4H,5H2,1H3,(H,13,14). The maximum atomic E-state index is 10.9. The molecule has 0 spiro atoms. The molecule has 0 fully saturated rings. The SMILES string of the molecule is Cc1cc(CC(=O)C(=O)O)ccc1Br. The van der Waals surface area contributed by atoms with Gasteiger partial charge in [0.05, 0.1) is 0 Å². The fourth-order valence-electron chi connectivity index (χ4n) is 1.08. The van der Waals surface area contributed by atoms with Gasteiger partial charge in [0.15, 0.2) is 0 Å². The fraction of sp³-hybridized carbons (Fsp3) is 0.200. The molecule has 0 amide bonds. The average Bonchev–Trinajstić information content (AvgIpc) is 2.11. The third-order valence-electron chi connectivity index (χ3n) is 1.83. The highest BCUT2D eigenvalue weighted by Crippen LogP contribution is 2.17. The molecule has 0 atom stereocenters. The number of benzene rings is 1. The first-order valence-electron chi connectivity index (χ1n) is 4.02. The number of Topliss-reactive ketones (excluding diaryl/α,β-unsaturated/α-hetero) is 1. The van der Waals surface area contributed by atoms with Crippen LogP contribution in [0.1, 0.15) is 11.1 Å². The smallest absolute Gasteiger partial charge is 0.372 e. The van der Waals surface area contributed by atoms with E-state index in [2.05, 4.69) is 15.9 Å². The minimum Gasteiger partial charge on any atom is -0.475 e. The molecular formula is C10H9BrO3. The third kappa shape index (κ3) is 2.67. The molecule has 14 heavy (non-hydrogen) atoms. The molecule has 1 aromatic rings. The van der Waals surface area contributed by atoms with Crippen LogP contribution in [0.5, 0.6) is 0 Å². The van der Waals surface area contributed by atoms with Gasteiger partial charge in [0.25, 0.3) is 0 Å². The van der Waals surface area contributed by atoms with Crippen LogP contribution in [0, 0.1) is 6.92 Å². The van der Waals surface area contributed by atoms with Gasteiger partial charge in [-0.2, -0.15) is 0 Å². The Labute approximate surface area is 89.9 Å². The van der Waals surface area contributed by atoms with Gasteiger partial charge in [-0.15, -0.1) is 0 Å². The van der Waals surface area contributed by atoms with Crippen LogP contribution in [0.3, 0.4) is 0 Å². The quantitative estimate of drug-likeness (QED) is 0.842. The van der Waals surface area contributed by atoms with Gasteiger partial charge in [-0.3, -0.25) is 4.79 Å². The molecule has 0 saturated heterocycles. The van der Waals surface area contributed by atoms with Crippen molar-refractivity contribution in [3.8, 4) is 0 Å². The molecule has 0 saturated carbocycles. The third-order valence-corrected chi connectivity index (χ3v) is 2.72. The van der Waals surface area contributed by atoms with Crippen LogP contribution in [0.4, 0.5) is 0 Å². The Balaban J connectivity index is 2.83. The number of aliphatic carboxylic acids is 1. The summed E-state index contributed by atoms with van der Waals surface area (Å²) in [5, 5.41) is 8.41. The van der Waals surface area contributed by atoms with E-state index in [0.717, 1.165) is 15.6 Å². The second-order valence-electron chi connectivity index (χ2n) is 2.99. The molecule has 1 aromatic carbocycles. The summed E-state index contributed by atoms with van der Waals surface area (Å²) in [6, 6.07) is 5.34. The number of halogens is 1. The summed E-state index contributed by atoms with van der Waals surface area (Å²) in [4.78, 5) is 21.2.